The molecule has 7 heteroatoms. The van der Waals surface area contributed by atoms with Crippen molar-refractivity contribution in [2.75, 3.05) is 19.3 Å². The molecule has 2 atom stereocenters. The highest BCUT2D eigenvalue weighted by Gasteiger charge is 2.36. The Labute approximate surface area is 148 Å². The third kappa shape index (κ3) is 4.16. The number of carbonyl (C=O) groups excluding carboxylic acids is 1. The lowest BCUT2D eigenvalue weighted by molar-refractivity contribution is 0.0785. The maximum absolute atomic E-state index is 12.9. The summed E-state index contributed by atoms with van der Waals surface area (Å²) >= 11 is 0. The van der Waals surface area contributed by atoms with E-state index in [4.69, 9.17) is 0 Å². The molecule has 6 nitrogen and oxygen atoms in total. The Morgan fingerprint density at radius 2 is 2.08 bits per heavy atom. The molecule has 1 fully saturated rings. The molecule has 134 valence electrons. The highest BCUT2D eigenvalue weighted by molar-refractivity contribution is 7.88. The molecule has 1 aliphatic heterocycles. The first-order chi connectivity index (χ1) is 11.9. The van der Waals surface area contributed by atoms with Crippen molar-refractivity contribution in [3.63, 3.8) is 0 Å². The quantitative estimate of drug-likeness (QED) is 0.884. The summed E-state index contributed by atoms with van der Waals surface area (Å²) in [6.45, 7) is 3.02. The van der Waals surface area contributed by atoms with Gasteiger partial charge in [-0.3, -0.25) is 9.78 Å². The zero-order chi connectivity index (χ0) is 18.0. The van der Waals surface area contributed by atoms with E-state index in [1.54, 1.807) is 11.1 Å². The van der Waals surface area contributed by atoms with Crippen LogP contribution in [-0.4, -0.2) is 49.6 Å². The molecule has 2 aromatic rings. The smallest absolute Gasteiger partial charge is 0.255 e. The van der Waals surface area contributed by atoms with Gasteiger partial charge in [-0.2, -0.15) is 0 Å². The van der Waals surface area contributed by atoms with Gasteiger partial charge in [0.2, 0.25) is 10.0 Å². The summed E-state index contributed by atoms with van der Waals surface area (Å²) in [5.41, 5.74) is 1.38. The van der Waals surface area contributed by atoms with Crippen LogP contribution in [0, 0.1) is 5.92 Å². The van der Waals surface area contributed by atoms with Crippen molar-refractivity contribution in [2.24, 2.45) is 5.92 Å². The average molecular weight is 361 g/mol. The normalized spacial score (nSPS) is 21.0. The Hall–Kier alpha value is -1.99. The molecule has 1 N–H and O–H groups in total. The number of para-hydroxylation sites is 1. The van der Waals surface area contributed by atoms with Crippen molar-refractivity contribution < 1.29 is 13.2 Å². The number of nitrogens with one attached hydrogen (secondary N) is 1. The number of fused-ring (bicyclic) bond motifs is 1. The Kier molecular flexibility index (Phi) is 5.06. The summed E-state index contributed by atoms with van der Waals surface area (Å²) in [4.78, 5) is 18.9. The van der Waals surface area contributed by atoms with E-state index in [2.05, 4.69) is 16.6 Å². The van der Waals surface area contributed by atoms with Crippen LogP contribution < -0.4 is 4.72 Å². The van der Waals surface area contributed by atoms with Crippen LogP contribution in [0.4, 0.5) is 0 Å². The molecule has 2 heterocycles. The number of hydrogen-bond acceptors (Lipinski definition) is 4. The lowest BCUT2D eigenvalue weighted by Crippen LogP contribution is -2.40. The van der Waals surface area contributed by atoms with Crippen LogP contribution in [0.2, 0.25) is 0 Å². The predicted octanol–water partition coefficient (Wildman–Crippen LogP) is 2.02. The van der Waals surface area contributed by atoms with Crippen LogP contribution >= 0.6 is 0 Å². The highest BCUT2D eigenvalue weighted by Crippen LogP contribution is 2.24. The fourth-order valence-corrected chi connectivity index (χ4v) is 4.30. The molecule has 3 rings (SSSR count). The van der Waals surface area contributed by atoms with Crippen molar-refractivity contribution in [3.05, 3.63) is 42.1 Å². The molecule has 0 saturated carbocycles. The molecule has 0 spiro atoms. The molecule has 0 radical (unpaired) electrons. The molecule has 1 aromatic heterocycles. The van der Waals surface area contributed by atoms with E-state index in [9.17, 15) is 13.2 Å². The van der Waals surface area contributed by atoms with Crippen molar-refractivity contribution in [2.45, 2.75) is 25.8 Å². The topological polar surface area (TPSA) is 79.4 Å². The predicted molar refractivity (Wildman–Crippen MR) is 97.8 cm³/mol. The summed E-state index contributed by atoms with van der Waals surface area (Å²) in [6.07, 6.45) is 4.59. The first-order valence-corrected chi connectivity index (χ1v) is 10.4. The van der Waals surface area contributed by atoms with Crippen molar-refractivity contribution >= 4 is 26.8 Å². The van der Waals surface area contributed by atoms with Gasteiger partial charge in [-0.05, 0) is 24.5 Å². The van der Waals surface area contributed by atoms with Crippen LogP contribution in [0.1, 0.15) is 30.1 Å². The Morgan fingerprint density at radius 1 is 1.32 bits per heavy atom. The second-order valence-corrected chi connectivity index (χ2v) is 8.45. The first kappa shape index (κ1) is 17.8. The van der Waals surface area contributed by atoms with Crippen LogP contribution in [0.5, 0.6) is 0 Å². The van der Waals surface area contributed by atoms with Gasteiger partial charge >= 0.3 is 0 Å². The molecule has 0 aliphatic carbocycles. The molecule has 1 saturated heterocycles. The first-order valence-electron chi connectivity index (χ1n) is 8.48. The average Bonchev–Trinajstić information content (AvgIpc) is 2.95. The van der Waals surface area contributed by atoms with E-state index >= 15 is 0 Å². The lowest BCUT2D eigenvalue weighted by atomic mass is 9.99. The minimum Gasteiger partial charge on any atom is -0.337 e. The van der Waals surface area contributed by atoms with Gasteiger partial charge < -0.3 is 4.90 Å². The molecule has 25 heavy (non-hydrogen) atoms. The zero-order valence-corrected chi connectivity index (χ0v) is 15.3. The Morgan fingerprint density at radius 3 is 2.80 bits per heavy atom. The second-order valence-electron chi connectivity index (χ2n) is 6.67. The zero-order valence-electron chi connectivity index (χ0n) is 14.5. The second kappa shape index (κ2) is 7.09. The summed E-state index contributed by atoms with van der Waals surface area (Å²) in [5, 5.41) is 0.920. The third-order valence-electron chi connectivity index (χ3n) is 4.59. The number of rotatable bonds is 5. The molecule has 1 aromatic carbocycles. The highest BCUT2D eigenvalue weighted by atomic mass is 32.2. The molecular formula is C18H23N3O3S. The minimum absolute atomic E-state index is 0.0999. The van der Waals surface area contributed by atoms with Crippen molar-refractivity contribution in [1.82, 2.24) is 14.6 Å². The van der Waals surface area contributed by atoms with E-state index in [1.807, 2.05) is 30.3 Å². The Bertz CT molecular complexity index is 882. The maximum Gasteiger partial charge on any atom is 0.255 e. The van der Waals surface area contributed by atoms with E-state index in [0.29, 0.717) is 18.7 Å². The van der Waals surface area contributed by atoms with E-state index < -0.39 is 10.0 Å². The summed E-state index contributed by atoms with van der Waals surface area (Å²) < 4.78 is 25.9. The number of likely N-dealkylation sites (tertiary alicyclic amines) is 1. The van der Waals surface area contributed by atoms with Crippen LogP contribution in [0.3, 0.4) is 0 Å². The van der Waals surface area contributed by atoms with Crippen molar-refractivity contribution in [1.29, 1.82) is 0 Å². The fraction of sp³-hybridized carbons (Fsp3) is 0.444. The van der Waals surface area contributed by atoms with E-state index in [0.717, 1.165) is 30.0 Å². The molecule has 0 bridgehead atoms. The van der Waals surface area contributed by atoms with Crippen molar-refractivity contribution in [3.8, 4) is 0 Å². The van der Waals surface area contributed by atoms with Gasteiger partial charge in [-0.25, -0.2) is 13.1 Å². The van der Waals surface area contributed by atoms with Crippen LogP contribution in [0.15, 0.2) is 36.5 Å². The third-order valence-corrected chi connectivity index (χ3v) is 5.32. The number of carbonyl (C=O) groups is 1. The summed E-state index contributed by atoms with van der Waals surface area (Å²) in [6, 6.07) is 9.27. The van der Waals surface area contributed by atoms with Crippen LogP contribution in [-0.2, 0) is 10.0 Å². The van der Waals surface area contributed by atoms with Gasteiger partial charge in [0, 0.05) is 30.7 Å². The lowest BCUT2D eigenvalue weighted by Gasteiger charge is -2.17. The number of nitrogens with zero attached hydrogens (tertiary/aromatic N) is 2. The van der Waals surface area contributed by atoms with Gasteiger partial charge in [0.25, 0.3) is 5.91 Å². The van der Waals surface area contributed by atoms with E-state index in [-0.39, 0.29) is 17.9 Å². The maximum atomic E-state index is 12.9. The number of aromatic nitrogens is 1. The van der Waals surface area contributed by atoms with Gasteiger partial charge in [0.15, 0.2) is 0 Å². The summed E-state index contributed by atoms with van der Waals surface area (Å²) in [5.74, 6) is 0.0363. The fourth-order valence-electron chi connectivity index (χ4n) is 3.48. The monoisotopic (exact) mass is 361 g/mol. The van der Waals surface area contributed by atoms with E-state index in [1.165, 1.54) is 0 Å². The number of hydrogen-bond donors (Lipinski definition) is 1. The standard InChI is InChI=1S/C18H23N3O3S/c1-3-6-14-11-21(12-17(14)20-25(2,23)24)18(22)15-9-13-7-4-5-8-16(13)19-10-15/h4-5,7-10,14,17,20H,3,6,11-12H2,1-2H3/t14-,17-/m1/s1. The molecule has 1 aliphatic rings. The summed E-state index contributed by atoms with van der Waals surface area (Å²) in [7, 11) is -3.30. The number of benzene rings is 1. The Balaban J connectivity index is 1.81. The molecular weight excluding hydrogens is 338 g/mol. The molecule has 1 amide bonds. The number of pyridine rings is 1. The number of amides is 1. The van der Waals surface area contributed by atoms with Gasteiger partial charge in [0.05, 0.1) is 17.3 Å². The minimum atomic E-state index is -3.30. The van der Waals surface area contributed by atoms with Gasteiger partial charge in [-0.15, -0.1) is 0 Å². The van der Waals surface area contributed by atoms with Gasteiger partial charge in [-0.1, -0.05) is 31.5 Å². The SMILES string of the molecule is CCC[C@@H]1CN(C(=O)c2cnc3ccccc3c2)C[C@H]1NS(C)(=O)=O. The van der Waals surface area contributed by atoms with Crippen LogP contribution in [0.25, 0.3) is 10.9 Å². The largest absolute Gasteiger partial charge is 0.337 e. The molecule has 0 unspecified atom stereocenters. The van der Waals surface area contributed by atoms with Gasteiger partial charge in [0.1, 0.15) is 0 Å². The number of sulfonamides is 1.